The number of halogens is 1. The number of nitrogens with zero attached hydrogens (tertiary/aromatic N) is 5. The van der Waals surface area contributed by atoms with Crippen LogP contribution < -0.4 is 16.0 Å². The molecule has 3 heterocycles. The summed E-state index contributed by atoms with van der Waals surface area (Å²) in [4.78, 5) is 35.9. The van der Waals surface area contributed by atoms with Gasteiger partial charge in [0.1, 0.15) is 5.82 Å². The lowest BCUT2D eigenvalue weighted by Gasteiger charge is -2.15. The van der Waals surface area contributed by atoms with E-state index in [1.807, 2.05) is 51.1 Å². The Bertz CT molecular complexity index is 1520. The Balaban J connectivity index is 1.81. The van der Waals surface area contributed by atoms with Crippen LogP contribution in [0.4, 0.5) is 4.39 Å². The molecular formula is C27H30FN5O3. The van der Waals surface area contributed by atoms with Gasteiger partial charge in [-0.1, -0.05) is 37.3 Å². The molecule has 0 radical (unpaired) electrons. The van der Waals surface area contributed by atoms with E-state index in [0.717, 1.165) is 18.4 Å². The van der Waals surface area contributed by atoms with Gasteiger partial charge in [-0.05, 0) is 56.7 Å². The summed E-state index contributed by atoms with van der Waals surface area (Å²) < 4.78 is 24.7. The van der Waals surface area contributed by atoms with Crippen LogP contribution in [0.5, 0.6) is 5.88 Å². The smallest absolute Gasteiger partial charge is 0.332 e. The molecule has 1 aromatic carbocycles. The zero-order chi connectivity index (χ0) is 25.4. The van der Waals surface area contributed by atoms with Gasteiger partial charge in [-0.3, -0.25) is 13.9 Å². The Morgan fingerprint density at radius 3 is 2.47 bits per heavy atom. The maximum atomic E-state index is 14.2. The van der Waals surface area contributed by atoms with Crippen LogP contribution in [0.15, 0.2) is 52.1 Å². The molecule has 0 atom stereocenters. The lowest BCUT2D eigenvalue weighted by Crippen LogP contribution is -2.41. The van der Waals surface area contributed by atoms with Gasteiger partial charge in [0.2, 0.25) is 11.8 Å². The predicted octanol–water partition coefficient (Wildman–Crippen LogP) is 4.39. The number of ether oxygens (including phenoxy) is 1. The van der Waals surface area contributed by atoms with E-state index in [4.69, 9.17) is 9.72 Å². The maximum absolute atomic E-state index is 14.2. The van der Waals surface area contributed by atoms with Crippen LogP contribution in [0.1, 0.15) is 51.6 Å². The average molecular weight is 492 g/mol. The first-order valence-corrected chi connectivity index (χ1v) is 12.5. The van der Waals surface area contributed by atoms with Crippen LogP contribution in [0.3, 0.4) is 0 Å². The van der Waals surface area contributed by atoms with Crippen molar-refractivity contribution in [2.24, 2.45) is 5.92 Å². The number of imidazole rings is 1. The first-order valence-electron chi connectivity index (χ1n) is 12.5. The van der Waals surface area contributed by atoms with Crippen molar-refractivity contribution in [1.29, 1.82) is 0 Å². The second-order valence-corrected chi connectivity index (χ2v) is 9.62. The van der Waals surface area contributed by atoms with Gasteiger partial charge in [-0.2, -0.15) is 9.37 Å². The fourth-order valence-corrected chi connectivity index (χ4v) is 4.45. The SMILES string of the molecule is CCCn1c(=O)c2c(nc(-c3ccc(F)nc3OCC3CC3)n2Cc2ccccc2)n(C(C)C)c1=O. The summed E-state index contributed by atoms with van der Waals surface area (Å²) in [6, 6.07) is 12.3. The summed E-state index contributed by atoms with van der Waals surface area (Å²) in [7, 11) is 0. The number of hydrogen-bond acceptors (Lipinski definition) is 5. The van der Waals surface area contributed by atoms with Gasteiger partial charge < -0.3 is 9.30 Å². The van der Waals surface area contributed by atoms with E-state index < -0.39 is 5.95 Å². The van der Waals surface area contributed by atoms with Crippen molar-refractivity contribution >= 4 is 11.2 Å². The van der Waals surface area contributed by atoms with Gasteiger partial charge in [-0.15, -0.1) is 0 Å². The number of hydrogen-bond donors (Lipinski definition) is 0. The Labute approximate surface area is 208 Å². The molecule has 1 saturated carbocycles. The van der Waals surface area contributed by atoms with Gasteiger partial charge >= 0.3 is 5.69 Å². The van der Waals surface area contributed by atoms with Crippen LogP contribution in [-0.4, -0.2) is 30.3 Å². The maximum Gasteiger partial charge on any atom is 0.332 e. The van der Waals surface area contributed by atoms with E-state index in [0.29, 0.717) is 54.6 Å². The summed E-state index contributed by atoms with van der Waals surface area (Å²) in [5.41, 5.74) is 1.29. The van der Waals surface area contributed by atoms with Gasteiger partial charge in [0, 0.05) is 19.1 Å². The summed E-state index contributed by atoms with van der Waals surface area (Å²) >= 11 is 0. The quantitative estimate of drug-likeness (QED) is 0.324. The predicted molar refractivity (Wildman–Crippen MR) is 136 cm³/mol. The molecule has 0 unspecified atom stereocenters. The number of rotatable bonds is 9. The molecule has 188 valence electrons. The van der Waals surface area contributed by atoms with E-state index in [1.54, 1.807) is 15.2 Å². The zero-order valence-electron chi connectivity index (χ0n) is 20.8. The minimum atomic E-state index is -0.653. The van der Waals surface area contributed by atoms with Gasteiger partial charge in [0.05, 0.1) is 12.2 Å². The van der Waals surface area contributed by atoms with Gasteiger partial charge in [0.15, 0.2) is 11.2 Å². The number of pyridine rings is 1. The summed E-state index contributed by atoms with van der Waals surface area (Å²) in [6.07, 6.45) is 2.79. The third kappa shape index (κ3) is 4.45. The highest BCUT2D eigenvalue weighted by molar-refractivity contribution is 5.78. The third-order valence-corrected chi connectivity index (χ3v) is 6.43. The largest absolute Gasteiger partial charge is 0.477 e. The molecule has 0 saturated heterocycles. The van der Waals surface area contributed by atoms with Crippen molar-refractivity contribution in [3.05, 3.63) is 74.8 Å². The third-order valence-electron chi connectivity index (χ3n) is 6.43. The highest BCUT2D eigenvalue weighted by Crippen LogP contribution is 2.34. The molecule has 0 amide bonds. The summed E-state index contributed by atoms with van der Waals surface area (Å²) in [6.45, 7) is 6.80. The molecule has 0 N–H and O–H groups in total. The molecule has 36 heavy (non-hydrogen) atoms. The molecule has 5 rings (SSSR count). The second kappa shape index (κ2) is 9.72. The monoisotopic (exact) mass is 491 g/mol. The normalized spacial score (nSPS) is 13.6. The molecule has 0 aliphatic heterocycles. The Morgan fingerprint density at radius 1 is 1.06 bits per heavy atom. The van der Waals surface area contributed by atoms with E-state index in [2.05, 4.69) is 4.98 Å². The van der Waals surface area contributed by atoms with Crippen molar-refractivity contribution in [3.8, 4) is 17.3 Å². The highest BCUT2D eigenvalue weighted by Gasteiger charge is 2.27. The molecule has 1 aliphatic carbocycles. The molecule has 1 aliphatic rings. The van der Waals surface area contributed by atoms with E-state index in [1.165, 1.54) is 10.6 Å². The van der Waals surface area contributed by atoms with E-state index >= 15 is 0 Å². The van der Waals surface area contributed by atoms with Crippen molar-refractivity contribution in [1.82, 2.24) is 23.7 Å². The Morgan fingerprint density at radius 2 is 1.81 bits per heavy atom. The van der Waals surface area contributed by atoms with Crippen molar-refractivity contribution < 1.29 is 9.13 Å². The molecule has 1 fully saturated rings. The van der Waals surface area contributed by atoms with Crippen molar-refractivity contribution in [2.75, 3.05) is 6.61 Å². The van der Waals surface area contributed by atoms with Crippen molar-refractivity contribution in [3.63, 3.8) is 0 Å². The topological polar surface area (TPSA) is 83.9 Å². The Kier molecular flexibility index (Phi) is 6.47. The average Bonchev–Trinajstić information content (AvgIpc) is 3.62. The van der Waals surface area contributed by atoms with Crippen LogP contribution >= 0.6 is 0 Å². The highest BCUT2D eigenvalue weighted by atomic mass is 19.1. The first kappa shape index (κ1) is 24.0. The van der Waals surface area contributed by atoms with Gasteiger partial charge in [0.25, 0.3) is 5.56 Å². The molecule has 3 aromatic heterocycles. The molecule has 8 nitrogen and oxygen atoms in total. The molecule has 0 spiro atoms. The zero-order valence-corrected chi connectivity index (χ0v) is 20.8. The molecule has 0 bridgehead atoms. The van der Waals surface area contributed by atoms with Gasteiger partial charge in [-0.25, -0.2) is 9.78 Å². The van der Waals surface area contributed by atoms with Crippen LogP contribution in [0, 0.1) is 11.9 Å². The van der Waals surface area contributed by atoms with E-state index in [9.17, 15) is 14.0 Å². The lowest BCUT2D eigenvalue weighted by atomic mass is 10.2. The number of benzene rings is 1. The number of aromatic nitrogens is 5. The standard InChI is InChI=1S/C27H30FN5O3/c1-4-14-31-26(34)22-24(33(17(2)3)27(31)35)30-23(32(22)15-18-8-6-5-7-9-18)20-12-13-21(28)29-25(20)36-16-19-10-11-19/h5-9,12-13,17,19H,4,10-11,14-16H2,1-3H3. The second-order valence-electron chi connectivity index (χ2n) is 9.62. The molecule has 4 aromatic rings. The fourth-order valence-electron chi connectivity index (χ4n) is 4.45. The summed E-state index contributed by atoms with van der Waals surface area (Å²) in [5.74, 6) is 0.337. The minimum Gasteiger partial charge on any atom is -0.477 e. The number of fused-ring (bicyclic) bond motifs is 1. The summed E-state index contributed by atoms with van der Waals surface area (Å²) in [5, 5.41) is 0. The Hall–Kier alpha value is -3.75. The van der Waals surface area contributed by atoms with E-state index in [-0.39, 0.29) is 23.2 Å². The fraction of sp³-hybridized carbons (Fsp3) is 0.407. The molecular weight excluding hydrogens is 461 g/mol. The lowest BCUT2D eigenvalue weighted by molar-refractivity contribution is 0.285. The van der Waals surface area contributed by atoms with Crippen LogP contribution in [0.25, 0.3) is 22.6 Å². The van der Waals surface area contributed by atoms with Crippen molar-refractivity contribution in [2.45, 2.75) is 59.2 Å². The molecule has 9 heteroatoms. The first-order chi connectivity index (χ1) is 17.4. The minimum absolute atomic E-state index is 0.138. The van der Waals surface area contributed by atoms with Crippen LogP contribution in [0.2, 0.25) is 0 Å². The van der Waals surface area contributed by atoms with Crippen LogP contribution in [-0.2, 0) is 13.1 Å².